The van der Waals surface area contributed by atoms with Gasteiger partial charge in [-0.15, -0.1) is 0 Å². The number of furan rings is 1. The van der Waals surface area contributed by atoms with Gasteiger partial charge in [0.25, 0.3) is 0 Å². The van der Waals surface area contributed by atoms with Crippen molar-refractivity contribution in [1.82, 2.24) is 0 Å². The van der Waals surface area contributed by atoms with Crippen LogP contribution in [0.5, 0.6) is 5.75 Å². The van der Waals surface area contributed by atoms with Crippen LogP contribution in [0, 0.1) is 6.92 Å². The van der Waals surface area contributed by atoms with E-state index in [1.807, 2.05) is 38.1 Å². The second-order valence-electron chi connectivity index (χ2n) is 3.88. The first kappa shape index (κ1) is 10.6. The number of rotatable bonds is 3. The summed E-state index contributed by atoms with van der Waals surface area (Å²) in [4.78, 5) is 0. The second kappa shape index (κ2) is 4.31. The summed E-state index contributed by atoms with van der Waals surface area (Å²) in [6.07, 6.45) is 1.66. The molecule has 0 radical (unpaired) electrons. The van der Waals surface area contributed by atoms with E-state index in [0.29, 0.717) is 5.75 Å². The zero-order valence-electron chi connectivity index (χ0n) is 9.40. The van der Waals surface area contributed by atoms with E-state index in [1.165, 1.54) is 0 Å². The zero-order chi connectivity index (χ0) is 11.5. The van der Waals surface area contributed by atoms with Gasteiger partial charge >= 0.3 is 0 Å². The van der Waals surface area contributed by atoms with Gasteiger partial charge in [0, 0.05) is 5.69 Å². The summed E-state index contributed by atoms with van der Waals surface area (Å²) in [6, 6.07) is 9.36. The van der Waals surface area contributed by atoms with Gasteiger partial charge in [-0.2, -0.15) is 0 Å². The maximum Gasteiger partial charge on any atom is 0.125 e. The predicted molar refractivity (Wildman–Crippen MR) is 63.6 cm³/mol. The van der Waals surface area contributed by atoms with Crippen LogP contribution in [0.1, 0.15) is 24.3 Å². The van der Waals surface area contributed by atoms with Crippen molar-refractivity contribution in [1.29, 1.82) is 0 Å². The Morgan fingerprint density at radius 1 is 1.31 bits per heavy atom. The van der Waals surface area contributed by atoms with E-state index >= 15 is 0 Å². The van der Waals surface area contributed by atoms with E-state index in [9.17, 15) is 5.11 Å². The van der Waals surface area contributed by atoms with E-state index in [2.05, 4.69) is 5.32 Å². The molecule has 1 atom stereocenters. The molecule has 1 aromatic heterocycles. The van der Waals surface area contributed by atoms with Crippen molar-refractivity contribution in [2.75, 3.05) is 5.32 Å². The van der Waals surface area contributed by atoms with Crippen molar-refractivity contribution in [3.63, 3.8) is 0 Å². The molecule has 0 aliphatic carbocycles. The number of phenols is 1. The lowest BCUT2D eigenvalue weighted by Crippen LogP contribution is -2.05. The Kier molecular flexibility index (Phi) is 2.86. The van der Waals surface area contributed by atoms with Crippen LogP contribution in [-0.4, -0.2) is 5.11 Å². The quantitative estimate of drug-likeness (QED) is 0.774. The first-order valence-corrected chi connectivity index (χ1v) is 5.26. The molecule has 0 spiro atoms. The Labute approximate surface area is 94.7 Å². The lowest BCUT2D eigenvalue weighted by Gasteiger charge is -2.13. The molecule has 0 aliphatic rings. The third-order valence-electron chi connectivity index (χ3n) is 2.55. The molecular weight excluding hydrogens is 202 g/mol. The van der Waals surface area contributed by atoms with Gasteiger partial charge in [0.15, 0.2) is 0 Å². The third kappa shape index (κ3) is 2.19. The summed E-state index contributed by atoms with van der Waals surface area (Å²) < 4.78 is 5.31. The van der Waals surface area contributed by atoms with Crippen LogP contribution in [0.15, 0.2) is 41.0 Å². The summed E-state index contributed by atoms with van der Waals surface area (Å²) in [5, 5.41) is 12.7. The molecule has 1 heterocycles. The highest BCUT2D eigenvalue weighted by Gasteiger charge is 2.08. The lowest BCUT2D eigenvalue weighted by molar-refractivity contribution is 0.471. The number of benzene rings is 1. The molecule has 84 valence electrons. The van der Waals surface area contributed by atoms with Gasteiger partial charge in [-0.05, 0) is 49.7 Å². The van der Waals surface area contributed by atoms with Crippen LogP contribution >= 0.6 is 0 Å². The van der Waals surface area contributed by atoms with Gasteiger partial charge < -0.3 is 14.8 Å². The Bertz CT molecular complexity index is 463. The number of hydrogen-bond acceptors (Lipinski definition) is 3. The Morgan fingerprint density at radius 2 is 2.12 bits per heavy atom. The highest BCUT2D eigenvalue weighted by atomic mass is 16.3. The topological polar surface area (TPSA) is 45.4 Å². The number of phenolic OH excluding ortho intramolecular Hbond substituents is 1. The highest BCUT2D eigenvalue weighted by Crippen LogP contribution is 2.24. The summed E-state index contributed by atoms with van der Waals surface area (Å²) >= 11 is 0. The highest BCUT2D eigenvalue weighted by molar-refractivity contribution is 5.51. The number of aryl methyl sites for hydroxylation is 1. The fraction of sp³-hybridized carbons (Fsp3) is 0.231. The van der Waals surface area contributed by atoms with E-state index in [0.717, 1.165) is 17.0 Å². The molecule has 2 N–H and O–H groups in total. The molecule has 2 rings (SSSR count). The maximum absolute atomic E-state index is 9.42. The molecule has 0 saturated heterocycles. The number of nitrogens with one attached hydrogen (secondary N) is 1. The predicted octanol–water partition coefficient (Wildman–Crippen LogP) is 3.47. The summed E-state index contributed by atoms with van der Waals surface area (Å²) in [7, 11) is 0. The summed E-state index contributed by atoms with van der Waals surface area (Å²) in [5.41, 5.74) is 1.83. The minimum atomic E-state index is 0.110. The van der Waals surface area contributed by atoms with Crippen molar-refractivity contribution < 1.29 is 9.52 Å². The van der Waals surface area contributed by atoms with E-state index in [1.54, 1.807) is 12.3 Å². The van der Waals surface area contributed by atoms with Gasteiger partial charge in [-0.1, -0.05) is 0 Å². The minimum absolute atomic E-state index is 0.110. The van der Waals surface area contributed by atoms with Crippen LogP contribution in [0.2, 0.25) is 0 Å². The molecule has 1 aromatic carbocycles. The average Bonchev–Trinajstić information content (AvgIpc) is 2.77. The molecule has 0 aliphatic heterocycles. The zero-order valence-corrected chi connectivity index (χ0v) is 9.40. The fourth-order valence-corrected chi connectivity index (χ4v) is 1.60. The molecule has 0 saturated carbocycles. The van der Waals surface area contributed by atoms with Crippen LogP contribution in [-0.2, 0) is 0 Å². The first-order chi connectivity index (χ1) is 7.66. The Hall–Kier alpha value is -1.90. The van der Waals surface area contributed by atoms with Gasteiger partial charge in [0.2, 0.25) is 0 Å². The molecule has 3 nitrogen and oxygen atoms in total. The van der Waals surface area contributed by atoms with Gasteiger partial charge in [-0.25, -0.2) is 0 Å². The Morgan fingerprint density at radius 3 is 2.75 bits per heavy atom. The normalized spacial score (nSPS) is 12.4. The van der Waals surface area contributed by atoms with Crippen LogP contribution in [0.3, 0.4) is 0 Å². The first-order valence-electron chi connectivity index (χ1n) is 5.26. The van der Waals surface area contributed by atoms with Crippen molar-refractivity contribution in [2.24, 2.45) is 0 Å². The number of aromatic hydroxyl groups is 1. The van der Waals surface area contributed by atoms with E-state index < -0.39 is 0 Å². The van der Waals surface area contributed by atoms with Crippen LogP contribution in [0.4, 0.5) is 5.69 Å². The fourth-order valence-electron chi connectivity index (χ4n) is 1.60. The number of hydrogen-bond donors (Lipinski definition) is 2. The molecule has 3 heteroatoms. The van der Waals surface area contributed by atoms with Crippen molar-refractivity contribution in [2.45, 2.75) is 19.9 Å². The molecule has 2 aromatic rings. The van der Waals surface area contributed by atoms with E-state index in [4.69, 9.17) is 4.42 Å². The molecule has 0 amide bonds. The van der Waals surface area contributed by atoms with Crippen LogP contribution in [0.25, 0.3) is 0 Å². The second-order valence-corrected chi connectivity index (χ2v) is 3.88. The molecule has 1 unspecified atom stereocenters. The monoisotopic (exact) mass is 217 g/mol. The standard InChI is InChI=1S/C13H15NO2/c1-9-8-11(5-6-12(9)15)14-10(2)13-4-3-7-16-13/h3-8,10,14-15H,1-2H3. The lowest BCUT2D eigenvalue weighted by atomic mass is 10.2. The van der Waals surface area contributed by atoms with Gasteiger partial charge in [0.05, 0.1) is 12.3 Å². The SMILES string of the molecule is Cc1cc(NC(C)c2ccco2)ccc1O. The van der Waals surface area contributed by atoms with Crippen molar-refractivity contribution >= 4 is 5.69 Å². The summed E-state index contributed by atoms with van der Waals surface area (Å²) in [5.74, 6) is 1.21. The van der Waals surface area contributed by atoms with Gasteiger partial charge in [-0.3, -0.25) is 0 Å². The van der Waals surface area contributed by atoms with Crippen molar-refractivity contribution in [3.8, 4) is 5.75 Å². The number of anilines is 1. The Balaban J connectivity index is 2.12. The van der Waals surface area contributed by atoms with Crippen LogP contribution < -0.4 is 5.32 Å². The largest absolute Gasteiger partial charge is 0.508 e. The smallest absolute Gasteiger partial charge is 0.125 e. The maximum atomic E-state index is 9.42. The van der Waals surface area contributed by atoms with Crippen molar-refractivity contribution in [3.05, 3.63) is 47.9 Å². The molecule has 0 fully saturated rings. The average molecular weight is 217 g/mol. The molecular formula is C13H15NO2. The van der Waals surface area contributed by atoms with Gasteiger partial charge in [0.1, 0.15) is 11.5 Å². The molecule has 0 bridgehead atoms. The minimum Gasteiger partial charge on any atom is -0.508 e. The third-order valence-corrected chi connectivity index (χ3v) is 2.55. The molecule has 16 heavy (non-hydrogen) atoms. The summed E-state index contributed by atoms with van der Waals surface area (Å²) in [6.45, 7) is 3.90. The van der Waals surface area contributed by atoms with E-state index in [-0.39, 0.29) is 6.04 Å².